The summed E-state index contributed by atoms with van der Waals surface area (Å²) in [4.78, 5) is 17.1. The third kappa shape index (κ3) is 5.37. The predicted octanol–water partition coefficient (Wildman–Crippen LogP) is 3.77. The number of rotatable bonds is 5. The van der Waals surface area contributed by atoms with E-state index < -0.39 is 0 Å². The largest absolute Gasteiger partial charge is 0.376 e. The van der Waals surface area contributed by atoms with Gasteiger partial charge in [-0.25, -0.2) is 9.38 Å². The highest BCUT2D eigenvalue weighted by atomic mass is 19.1. The molecule has 2 aromatic rings. The summed E-state index contributed by atoms with van der Waals surface area (Å²) in [6.07, 6.45) is 2.93. The number of benzene rings is 2. The van der Waals surface area contributed by atoms with E-state index in [4.69, 9.17) is 4.74 Å². The molecule has 142 valence electrons. The van der Waals surface area contributed by atoms with E-state index in [1.165, 1.54) is 24.3 Å². The van der Waals surface area contributed by atoms with Crippen LogP contribution in [0, 0.1) is 5.82 Å². The standard InChI is InChI=1S/C21H24FN3O2/c1-2-15-6-3-4-8-19(15)24-21(23-14-18-7-5-13-27-18)25-20(26)16-9-11-17(22)12-10-16/h3-4,6,8-12,18H,2,5,7,13-14H2,1H3,(H2,23,24,25,26). The lowest BCUT2D eigenvalue weighted by Crippen LogP contribution is -2.37. The number of ether oxygens (including phenoxy) is 1. The van der Waals surface area contributed by atoms with Gasteiger partial charge in [-0.2, -0.15) is 0 Å². The summed E-state index contributed by atoms with van der Waals surface area (Å²) in [6, 6.07) is 13.3. The molecule has 0 bridgehead atoms. The fourth-order valence-corrected chi connectivity index (χ4v) is 2.95. The van der Waals surface area contributed by atoms with Gasteiger partial charge in [0.15, 0.2) is 0 Å². The van der Waals surface area contributed by atoms with Crippen molar-refractivity contribution in [1.29, 1.82) is 0 Å². The van der Waals surface area contributed by atoms with Crippen molar-refractivity contribution < 1.29 is 13.9 Å². The summed E-state index contributed by atoms with van der Waals surface area (Å²) in [5.41, 5.74) is 2.38. The van der Waals surface area contributed by atoms with Crippen LogP contribution in [0.1, 0.15) is 35.7 Å². The van der Waals surface area contributed by atoms with Crippen LogP contribution >= 0.6 is 0 Å². The molecule has 3 rings (SSSR count). The molecule has 0 aromatic heterocycles. The molecule has 0 aliphatic carbocycles. The number of carbonyl (C=O) groups excluding carboxylic acids is 1. The topological polar surface area (TPSA) is 62.7 Å². The average molecular weight is 369 g/mol. The molecule has 0 spiro atoms. The molecular formula is C21H24FN3O2. The number of nitrogens with zero attached hydrogens (tertiary/aromatic N) is 1. The number of guanidine groups is 1. The summed E-state index contributed by atoms with van der Waals surface area (Å²) >= 11 is 0. The van der Waals surface area contributed by atoms with Crippen LogP contribution in [0.25, 0.3) is 0 Å². The van der Waals surface area contributed by atoms with Crippen molar-refractivity contribution in [3.63, 3.8) is 0 Å². The molecule has 1 atom stereocenters. The van der Waals surface area contributed by atoms with Crippen molar-refractivity contribution in [3.05, 3.63) is 65.5 Å². The fourth-order valence-electron chi connectivity index (χ4n) is 2.95. The molecule has 27 heavy (non-hydrogen) atoms. The quantitative estimate of drug-likeness (QED) is 0.623. The summed E-state index contributed by atoms with van der Waals surface area (Å²) in [7, 11) is 0. The van der Waals surface area contributed by atoms with Gasteiger partial charge in [-0.05, 0) is 55.2 Å². The Morgan fingerprint density at radius 1 is 1.22 bits per heavy atom. The zero-order valence-electron chi connectivity index (χ0n) is 15.4. The summed E-state index contributed by atoms with van der Waals surface area (Å²) < 4.78 is 18.7. The number of amides is 1. The number of nitrogens with one attached hydrogen (secondary N) is 2. The zero-order chi connectivity index (χ0) is 19.1. The molecule has 1 aliphatic rings. The second-order valence-corrected chi connectivity index (χ2v) is 6.42. The SMILES string of the molecule is CCc1ccccc1NC(=NCC1CCCO1)NC(=O)c1ccc(F)cc1. The molecule has 6 heteroatoms. The van der Waals surface area contributed by atoms with E-state index in [-0.39, 0.29) is 17.8 Å². The van der Waals surface area contributed by atoms with Crippen molar-refractivity contribution >= 4 is 17.6 Å². The maximum absolute atomic E-state index is 13.1. The average Bonchev–Trinajstić information content (AvgIpc) is 3.20. The lowest BCUT2D eigenvalue weighted by molar-refractivity contribution is 0.0975. The van der Waals surface area contributed by atoms with Crippen molar-refractivity contribution in [2.75, 3.05) is 18.5 Å². The number of aryl methyl sites for hydroxylation is 1. The van der Waals surface area contributed by atoms with Crippen LogP contribution in [0.15, 0.2) is 53.5 Å². The monoisotopic (exact) mass is 369 g/mol. The summed E-state index contributed by atoms with van der Waals surface area (Å²) in [5, 5.41) is 6.02. The van der Waals surface area contributed by atoms with Crippen molar-refractivity contribution in [1.82, 2.24) is 5.32 Å². The Labute approximate surface area is 158 Å². The normalized spacial score (nSPS) is 17.0. The number of carbonyl (C=O) groups is 1. The number of aliphatic imine (C=N–C) groups is 1. The smallest absolute Gasteiger partial charge is 0.257 e. The maximum Gasteiger partial charge on any atom is 0.257 e. The van der Waals surface area contributed by atoms with Crippen molar-refractivity contribution in [2.45, 2.75) is 32.3 Å². The number of halogens is 1. The first-order valence-corrected chi connectivity index (χ1v) is 9.23. The van der Waals surface area contributed by atoms with E-state index in [2.05, 4.69) is 22.5 Å². The van der Waals surface area contributed by atoms with Gasteiger partial charge in [0.1, 0.15) is 5.82 Å². The highest BCUT2D eigenvalue weighted by molar-refractivity contribution is 6.10. The van der Waals surface area contributed by atoms with Crippen molar-refractivity contribution in [3.8, 4) is 0 Å². The van der Waals surface area contributed by atoms with Gasteiger partial charge in [0.25, 0.3) is 5.91 Å². The molecule has 1 fully saturated rings. The molecule has 1 heterocycles. The van der Waals surface area contributed by atoms with E-state index >= 15 is 0 Å². The number of hydrogen-bond acceptors (Lipinski definition) is 3. The third-order valence-electron chi connectivity index (χ3n) is 4.47. The van der Waals surface area contributed by atoms with Crippen LogP contribution in [0.5, 0.6) is 0 Å². The summed E-state index contributed by atoms with van der Waals surface area (Å²) in [6.45, 7) is 3.30. The Morgan fingerprint density at radius 3 is 2.70 bits per heavy atom. The van der Waals surface area contributed by atoms with Crippen LogP contribution in [-0.2, 0) is 11.2 Å². The molecule has 0 radical (unpaired) electrons. The van der Waals surface area contributed by atoms with Crippen LogP contribution in [0.4, 0.5) is 10.1 Å². The van der Waals surface area contributed by atoms with Crippen LogP contribution in [0.2, 0.25) is 0 Å². The Balaban J connectivity index is 1.77. The van der Waals surface area contributed by atoms with Crippen LogP contribution < -0.4 is 10.6 Å². The van der Waals surface area contributed by atoms with E-state index in [1.807, 2.05) is 24.3 Å². The van der Waals surface area contributed by atoms with Crippen molar-refractivity contribution in [2.24, 2.45) is 4.99 Å². The van der Waals surface area contributed by atoms with Gasteiger partial charge in [0.05, 0.1) is 12.6 Å². The van der Waals surface area contributed by atoms with Gasteiger partial charge in [0, 0.05) is 17.9 Å². The van der Waals surface area contributed by atoms with Gasteiger partial charge in [-0.1, -0.05) is 25.1 Å². The summed E-state index contributed by atoms with van der Waals surface area (Å²) in [5.74, 6) is -0.364. The lowest BCUT2D eigenvalue weighted by atomic mass is 10.1. The number of para-hydroxylation sites is 1. The van der Waals surface area contributed by atoms with Gasteiger partial charge in [-0.3, -0.25) is 10.1 Å². The molecule has 1 amide bonds. The molecule has 1 unspecified atom stereocenters. The second-order valence-electron chi connectivity index (χ2n) is 6.42. The van der Waals surface area contributed by atoms with Gasteiger partial charge >= 0.3 is 0 Å². The Kier molecular flexibility index (Phi) is 6.54. The van der Waals surface area contributed by atoms with Gasteiger partial charge in [-0.15, -0.1) is 0 Å². The minimum absolute atomic E-state index is 0.0749. The van der Waals surface area contributed by atoms with Crippen LogP contribution in [-0.4, -0.2) is 31.1 Å². The third-order valence-corrected chi connectivity index (χ3v) is 4.47. The van der Waals surface area contributed by atoms with Crippen LogP contribution in [0.3, 0.4) is 0 Å². The van der Waals surface area contributed by atoms with E-state index in [1.54, 1.807) is 0 Å². The first kappa shape index (κ1) is 19.0. The maximum atomic E-state index is 13.1. The molecule has 0 saturated carbocycles. The second kappa shape index (κ2) is 9.28. The minimum atomic E-state index is -0.381. The number of hydrogen-bond donors (Lipinski definition) is 2. The zero-order valence-corrected chi connectivity index (χ0v) is 15.4. The fraction of sp³-hybridized carbons (Fsp3) is 0.333. The molecule has 2 N–H and O–H groups in total. The molecule has 5 nitrogen and oxygen atoms in total. The minimum Gasteiger partial charge on any atom is -0.376 e. The highest BCUT2D eigenvalue weighted by Crippen LogP contribution is 2.16. The van der Waals surface area contributed by atoms with Gasteiger partial charge in [0.2, 0.25) is 5.96 Å². The predicted molar refractivity (Wildman–Crippen MR) is 105 cm³/mol. The Morgan fingerprint density at radius 2 is 2.00 bits per heavy atom. The Bertz CT molecular complexity index is 799. The first-order valence-electron chi connectivity index (χ1n) is 9.23. The Hall–Kier alpha value is -2.73. The van der Waals surface area contributed by atoms with Gasteiger partial charge < -0.3 is 10.1 Å². The highest BCUT2D eigenvalue weighted by Gasteiger charge is 2.16. The molecule has 2 aromatic carbocycles. The molecule has 1 saturated heterocycles. The molecular weight excluding hydrogens is 345 g/mol. The van der Waals surface area contributed by atoms with E-state index in [0.717, 1.165) is 37.1 Å². The lowest BCUT2D eigenvalue weighted by Gasteiger charge is -2.15. The van der Waals surface area contributed by atoms with E-state index in [0.29, 0.717) is 18.1 Å². The van der Waals surface area contributed by atoms with E-state index in [9.17, 15) is 9.18 Å². The number of anilines is 1. The molecule has 1 aliphatic heterocycles. The first-order chi connectivity index (χ1) is 13.2.